The second-order valence-electron chi connectivity index (χ2n) is 8.77. The third-order valence-electron chi connectivity index (χ3n) is 5.27. The van der Waals surface area contributed by atoms with Crippen molar-refractivity contribution in [2.24, 2.45) is 0 Å². The maximum atomic E-state index is 12.2. The number of carbonyl (C=O) groups is 1. The lowest BCUT2D eigenvalue weighted by Gasteiger charge is -2.22. The van der Waals surface area contributed by atoms with Crippen LogP contribution in [0.1, 0.15) is 44.4 Å². The van der Waals surface area contributed by atoms with Crippen molar-refractivity contribution in [2.45, 2.75) is 51.8 Å². The third-order valence-corrected chi connectivity index (χ3v) is 5.27. The van der Waals surface area contributed by atoms with Gasteiger partial charge in [0.2, 0.25) is 0 Å². The fourth-order valence-electron chi connectivity index (χ4n) is 3.96. The molecule has 0 aliphatic heterocycles. The highest BCUT2D eigenvalue weighted by Crippen LogP contribution is 2.37. The number of aryl methyl sites for hydroxylation is 1. The summed E-state index contributed by atoms with van der Waals surface area (Å²) in [4.78, 5) is 16.3. The minimum Gasteiger partial charge on any atom is -0.444 e. The first-order valence-corrected chi connectivity index (χ1v) is 10.6. The minimum atomic E-state index is -0.520. The molecule has 7 heteroatoms. The quantitative estimate of drug-likeness (QED) is 0.648. The van der Waals surface area contributed by atoms with Gasteiger partial charge in [0, 0.05) is 29.7 Å². The highest BCUT2D eigenvalue weighted by molar-refractivity contribution is 5.81. The van der Waals surface area contributed by atoms with E-state index in [1.54, 1.807) is 17.1 Å². The van der Waals surface area contributed by atoms with Crippen molar-refractivity contribution in [3.05, 3.63) is 60.0 Å². The summed E-state index contributed by atoms with van der Waals surface area (Å²) in [6, 6.07) is 10.2. The molecule has 3 aromatic rings. The third kappa shape index (κ3) is 4.77. The molecule has 31 heavy (non-hydrogen) atoms. The Labute approximate surface area is 182 Å². The van der Waals surface area contributed by atoms with Gasteiger partial charge in [-0.1, -0.05) is 18.2 Å². The maximum Gasteiger partial charge on any atom is 0.408 e. The van der Waals surface area contributed by atoms with E-state index < -0.39 is 5.60 Å². The minimum absolute atomic E-state index is 0.0269. The van der Waals surface area contributed by atoms with E-state index in [1.807, 2.05) is 39.1 Å². The van der Waals surface area contributed by atoms with Gasteiger partial charge in [-0.25, -0.2) is 4.79 Å². The zero-order chi connectivity index (χ0) is 22.0. The number of pyridine rings is 1. The van der Waals surface area contributed by atoms with Gasteiger partial charge in [0.15, 0.2) is 0 Å². The van der Waals surface area contributed by atoms with Crippen molar-refractivity contribution in [1.29, 1.82) is 0 Å². The van der Waals surface area contributed by atoms with Crippen LogP contribution in [0.5, 0.6) is 0 Å². The highest BCUT2D eigenvalue weighted by Gasteiger charge is 2.27. The van der Waals surface area contributed by atoms with Crippen molar-refractivity contribution >= 4 is 6.09 Å². The molecule has 2 aromatic heterocycles. The molecule has 0 spiro atoms. The molecular formula is C24H28N4O3. The number of carbonyl (C=O) groups excluding carboxylic acids is 1. The zero-order valence-electron chi connectivity index (χ0n) is 18.1. The fraction of sp³-hybridized carbons (Fsp3) is 0.375. The molecule has 0 saturated heterocycles. The van der Waals surface area contributed by atoms with Crippen molar-refractivity contribution in [3.8, 4) is 22.4 Å². The number of aliphatic hydroxyl groups excluding tert-OH is 1. The summed E-state index contributed by atoms with van der Waals surface area (Å²) in [7, 11) is 0. The van der Waals surface area contributed by atoms with Crippen LogP contribution in [0.3, 0.4) is 0 Å². The van der Waals surface area contributed by atoms with E-state index in [2.05, 4.69) is 33.6 Å². The average Bonchev–Trinajstić information content (AvgIpc) is 3.31. The van der Waals surface area contributed by atoms with Gasteiger partial charge in [0.1, 0.15) is 11.3 Å². The van der Waals surface area contributed by atoms with Crippen LogP contribution in [0.25, 0.3) is 22.4 Å². The van der Waals surface area contributed by atoms with Gasteiger partial charge >= 0.3 is 6.09 Å². The molecule has 1 aromatic carbocycles. The summed E-state index contributed by atoms with van der Waals surface area (Å²) in [5.74, 6) is 0. The van der Waals surface area contributed by atoms with E-state index in [-0.39, 0.29) is 18.7 Å². The molecule has 1 aliphatic rings. The molecule has 1 aliphatic carbocycles. The molecule has 1 unspecified atom stereocenters. The fourth-order valence-corrected chi connectivity index (χ4v) is 3.96. The molecule has 1 amide bonds. The predicted molar refractivity (Wildman–Crippen MR) is 118 cm³/mol. The van der Waals surface area contributed by atoms with E-state index in [0.29, 0.717) is 6.54 Å². The predicted octanol–water partition coefficient (Wildman–Crippen LogP) is 4.12. The lowest BCUT2D eigenvalue weighted by atomic mass is 9.98. The van der Waals surface area contributed by atoms with Crippen LogP contribution in [-0.4, -0.2) is 38.2 Å². The summed E-state index contributed by atoms with van der Waals surface area (Å²) < 4.78 is 7.18. The second-order valence-corrected chi connectivity index (χ2v) is 8.77. The number of aliphatic hydroxyl groups is 1. The van der Waals surface area contributed by atoms with Crippen LogP contribution >= 0.6 is 0 Å². The largest absolute Gasteiger partial charge is 0.444 e. The molecule has 0 radical (unpaired) electrons. The number of nitrogens with zero attached hydrogens (tertiary/aromatic N) is 3. The van der Waals surface area contributed by atoms with Crippen LogP contribution in [-0.2, 0) is 17.7 Å². The number of alkyl carbamates (subject to hydrolysis) is 1. The first-order chi connectivity index (χ1) is 14.8. The Bertz CT molecular complexity index is 1070. The van der Waals surface area contributed by atoms with Gasteiger partial charge in [-0.3, -0.25) is 9.67 Å². The summed E-state index contributed by atoms with van der Waals surface area (Å²) >= 11 is 0. The smallest absolute Gasteiger partial charge is 0.408 e. The Morgan fingerprint density at radius 3 is 2.71 bits per heavy atom. The van der Waals surface area contributed by atoms with E-state index in [9.17, 15) is 9.90 Å². The Balaban J connectivity index is 1.62. The van der Waals surface area contributed by atoms with E-state index in [0.717, 1.165) is 40.8 Å². The molecular weight excluding hydrogens is 392 g/mol. The summed E-state index contributed by atoms with van der Waals surface area (Å²) in [5.41, 5.74) is 5.73. The lowest BCUT2D eigenvalue weighted by molar-refractivity contribution is 0.0503. The first-order valence-electron chi connectivity index (χ1n) is 10.6. The van der Waals surface area contributed by atoms with Gasteiger partial charge < -0.3 is 15.2 Å². The van der Waals surface area contributed by atoms with Gasteiger partial charge in [-0.05, 0) is 62.4 Å². The lowest BCUT2D eigenvalue weighted by Crippen LogP contribution is -2.34. The number of hydrogen-bond donors (Lipinski definition) is 2. The Morgan fingerprint density at radius 1 is 1.23 bits per heavy atom. The summed E-state index contributed by atoms with van der Waals surface area (Å²) in [6.45, 7) is 6.04. The van der Waals surface area contributed by atoms with Crippen LogP contribution in [0.15, 0.2) is 48.9 Å². The monoisotopic (exact) mass is 420 g/mol. The Hall–Kier alpha value is -3.19. The molecule has 1 atom stereocenters. The first kappa shape index (κ1) is 21.1. The number of fused-ring (bicyclic) bond motifs is 1. The van der Waals surface area contributed by atoms with Crippen LogP contribution in [0.4, 0.5) is 4.79 Å². The van der Waals surface area contributed by atoms with Gasteiger partial charge in [0.05, 0.1) is 19.2 Å². The second kappa shape index (κ2) is 8.51. The molecule has 162 valence electrons. The molecule has 7 nitrogen and oxygen atoms in total. The van der Waals surface area contributed by atoms with Crippen molar-refractivity contribution in [1.82, 2.24) is 20.1 Å². The van der Waals surface area contributed by atoms with Gasteiger partial charge in [-0.15, -0.1) is 0 Å². The molecule has 0 saturated carbocycles. The van der Waals surface area contributed by atoms with Crippen LogP contribution in [0.2, 0.25) is 0 Å². The number of ether oxygens (including phenoxy) is 1. The number of aromatic nitrogens is 3. The van der Waals surface area contributed by atoms with Crippen molar-refractivity contribution in [2.75, 3.05) is 6.61 Å². The summed E-state index contributed by atoms with van der Waals surface area (Å²) in [5, 5.41) is 17.0. The van der Waals surface area contributed by atoms with E-state index in [1.165, 1.54) is 5.56 Å². The molecule has 0 fully saturated rings. The van der Waals surface area contributed by atoms with Crippen molar-refractivity contribution < 1.29 is 14.6 Å². The number of nitrogens with one attached hydrogen (secondary N) is 1. The molecule has 4 rings (SSSR count). The standard InChI is InChI=1S/C24H28N4O3/c1-24(2,3)31-23(30)26-21-7-5-17-14-18(4-6-19(17)21)20-15-28(12-13-29)27-22(20)16-8-10-25-11-9-16/h4,6,8-11,14-15,21,29H,5,7,12-13H2,1-3H3,(H,26,30). The number of hydrogen-bond acceptors (Lipinski definition) is 5. The zero-order valence-corrected chi connectivity index (χ0v) is 18.1. The normalized spacial score (nSPS) is 15.5. The Morgan fingerprint density at radius 2 is 2.00 bits per heavy atom. The van der Waals surface area contributed by atoms with E-state index in [4.69, 9.17) is 4.74 Å². The number of rotatable bonds is 5. The highest BCUT2D eigenvalue weighted by atomic mass is 16.6. The Kier molecular flexibility index (Phi) is 5.78. The maximum absolute atomic E-state index is 12.2. The van der Waals surface area contributed by atoms with Gasteiger partial charge in [0.25, 0.3) is 0 Å². The SMILES string of the molecule is CC(C)(C)OC(=O)NC1CCc2cc(-c3cn(CCO)nc3-c3ccncc3)ccc21. The number of benzene rings is 1. The average molecular weight is 421 g/mol. The topological polar surface area (TPSA) is 89.3 Å². The number of amides is 1. The van der Waals surface area contributed by atoms with Gasteiger partial charge in [-0.2, -0.15) is 5.10 Å². The molecule has 2 heterocycles. The molecule has 2 N–H and O–H groups in total. The summed E-state index contributed by atoms with van der Waals surface area (Å²) in [6.07, 6.45) is 6.82. The van der Waals surface area contributed by atoms with Crippen molar-refractivity contribution in [3.63, 3.8) is 0 Å². The van der Waals surface area contributed by atoms with Crippen LogP contribution in [0, 0.1) is 0 Å². The van der Waals surface area contributed by atoms with Crippen LogP contribution < -0.4 is 5.32 Å². The molecule has 0 bridgehead atoms. The van der Waals surface area contributed by atoms with E-state index >= 15 is 0 Å².